The Bertz CT molecular complexity index is 908. The smallest absolute Gasteiger partial charge is 0.318 e. The van der Waals surface area contributed by atoms with Crippen molar-refractivity contribution in [2.75, 3.05) is 0 Å². The largest absolute Gasteiger partial charge is 0.335 e. The molecule has 2 saturated carbocycles. The van der Waals surface area contributed by atoms with Crippen molar-refractivity contribution in [2.45, 2.75) is 89.8 Å². The molecule has 0 atom stereocenters. The molecule has 1 heterocycles. The summed E-state index contributed by atoms with van der Waals surface area (Å²) in [6.45, 7) is 2.38. The maximum absolute atomic E-state index is 13.2. The molecule has 2 amide bonds. The van der Waals surface area contributed by atoms with Crippen LogP contribution >= 0.6 is 0 Å². The minimum Gasteiger partial charge on any atom is -0.335 e. The molecule has 0 radical (unpaired) electrons. The van der Waals surface area contributed by atoms with Crippen molar-refractivity contribution in [3.05, 3.63) is 45.7 Å². The lowest BCUT2D eigenvalue weighted by Crippen LogP contribution is -2.50. The van der Waals surface area contributed by atoms with Crippen LogP contribution < -0.4 is 10.9 Å². The van der Waals surface area contributed by atoms with Gasteiger partial charge < -0.3 is 15.2 Å². The minimum absolute atomic E-state index is 0.00698. The second kappa shape index (κ2) is 9.02. The number of nitrogens with zero attached hydrogens (tertiary/aromatic N) is 1. The number of benzene rings is 1. The van der Waals surface area contributed by atoms with Crippen molar-refractivity contribution in [3.63, 3.8) is 0 Å². The number of urea groups is 1. The third-order valence-electron chi connectivity index (χ3n) is 6.71. The van der Waals surface area contributed by atoms with Gasteiger partial charge in [0.2, 0.25) is 0 Å². The predicted molar refractivity (Wildman–Crippen MR) is 117 cm³/mol. The highest BCUT2D eigenvalue weighted by Crippen LogP contribution is 2.25. The lowest BCUT2D eigenvalue weighted by molar-refractivity contribution is 0.145. The zero-order valence-corrected chi connectivity index (χ0v) is 17.5. The normalized spacial score (nSPS) is 18.7. The fourth-order valence-electron chi connectivity index (χ4n) is 4.99. The van der Waals surface area contributed by atoms with E-state index in [1.165, 1.54) is 25.7 Å². The second-order valence-electron chi connectivity index (χ2n) is 8.87. The van der Waals surface area contributed by atoms with Crippen LogP contribution in [0.2, 0.25) is 0 Å². The molecule has 0 saturated heterocycles. The Hall–Kier alpha value is -2.30. The quantitative estimate of drug-likeness (QED) is 0.764. The van der Waals surface area contributed by atoms with Crippen LogP contribution in [-0.4, -0.2) is 28.0 Å². The first-order valence-corrected chi connectivity index (χ1v) is 11.3. The molecule has 2 aromatic rings. The van der Waals surface area contributed by atoms with E-state index in [0.717, 1.165) is 55.0 Å². The monoisotopic (exact) mass is 395 g/mol. The van der Waals surface area contributed by atoms with Crippen molar-refractivity contribution in [3.8, 4) is 0 Å². The molecule has 2 aliphatic rings. The zero-order chi connectivity index (χ0) is 20.2. The van der Waals surface area contributed by atoms with E-state index in [-0.39, 0.29) is 23.7 Å². The summed E-state index contributed by atoms with van der Waals surface area (Å²) in [5.74, 6) is 0. The Labute approximate surface area is 172 Å². The third kappa shape index (κ3) is 4.65. The number of rotatable bonds is 4. The molecular weight excluding hydrogens is 362 g/mol. The van der Waals surface area contributed by atoms with Crippen molar-refractivity contribution in [1.82, 2.24) is 15.2 Å². The fourth-order valence-corrected chi connectivity index (χ4v) is 4.99. The second-order valence-corrected chi connectivity index (χ2v) is 8.87. The van der Waals surface area contributed by atoms with Crippen molar-refractivity contribution in [2.24, 2.45) is 0 Å². The van der Waals surface area contributed by atoms with Crippen LogP contribution in [0.25, 0.3) is 10.9 Å². The summed E-state index contributed by atoms with van der Waals surface area (Å²) in [4.78, 5) is 31.0. The first-order valence-electron chi connectivity index (χ1n) is 11.3. The lowest BCUT2D eigenvalue weighted by Gasteiger charge is -2.36. The summed E-state index contributed by atoms with van der Waals surface area (Å²) in [5, 5.41) is 4.30. The van der Waals surface area contributed by atoms with Crippen LogP contribution in [0.15, 0.2) is 29.1 Å². The molecule has 156 valence electrons. The van der Waals surface area contributed by atoms with Gasteiger partial charge in [-0.1, -0.05) is 56.7 Å². The van der Waals surface area contributed by atoms with Gasteiger partial charge in [-0.15, -0.1) is 0 Å². The fraction of sp³-hybridized carbons (Fsp3) is 0.583. The zero-order valence-electron chi connectivity index (χ0n) is 17.5. The summed E-state index contributed by atoms with van der Waals surface area (Å²) in [6.07, 6.45) is 11.4. The maximum atomic E-state index is 13.2. The molecule has 29 heavy (non-hydrogen) atoms. The first-order chi connectivity index (χ1) is 14.1. The molecule has 1 aromatic carbocycles. The van der Waals surface area contributed by atoms with Gasteiger partial charge in [-0.25, -0.2) is 4.79 Å². The van der Waals surface area contributed by atoms with Crippen LogP contribution in [0.4, 0.5) is 4.79 Å². The van der Waals surface area contributed by atoms with Gasteiger partial charge in [0.1, 0.15) is 0 Å². The number of aromatic nitrogens is 1. The van der Waals surface area contributed by atoms with Gasteiger partial charge in [-0.05, 0) is 49.6 Å². The highest BCUT2D eigenvalue weighted by atomic mass is 16.2. The molecule has 2 N–H and O–H groups in total. The number of amides is 2. The number of hydrogen-bond donors (Lipinski definition) is 2. The molecule has 4 rings (SSSR count). The first kappa shape index (κ1) is 20.0. The van der Waals surface area contributed by atoms with E-state index in [2.05, 4.69) is 10.3 Å². The van der Waals surface area contributed by atoms with Crippen LogP contribution in [0.5, 0.6) is 0 Å². The highest BCUT2D eigenvalue weighted by molar-refractivity contribution is 5.82. The molecule has 0 aliphatic heterocycles. The molecule has 5 nitrogen and oxygen atoms in total. The number of nitrogens with one attached hydrogen (secondary N) is 2. The summed E-state index contributed by atoms with van der Waals surface area (Å²) in [5.41, 5.74) is 2.54. The summed E-state index contributed by atoms with van der Waals surface area (Å²) in [6, 6.07) is 8.50. The maximum Gasteiger partial charge on any atom is 0.318 e. The minimum atomic E-state index is -0.0851. The Morgan fingerprint density at radius 2 is 1.76 bits per heavy atom. The van der Waals surface area contributed by atoms with E-state index in [0.29, 0.717) is 12.1 Å². The van der Waals surface area contributed by atoms with Gasteiger partial charge in [0.15, 0.2) is 0 Å². The Morgan fingerprint density at radius 3 is 2.48 bits per heavy atom. The topological polar surface area (TPSA) is 65.2 Å². The van der Waals surface area contributed by atoms with Crippen molar-refractivity contribution >= 4 is 16.9 Å². The van der Waals surface area contributed by atoms with E-state index >= 15 is 0 Å². The Morgan fingerprint density at radius 1 is 1.07 bits per heavy atom. The summed E-state index contributed by atoms with van der Waals surface area (Å²) >= 11 is 0. The Balaban J connectivity index is 1.59. The predicted octanol–water partition coefficient (Wildman–Crippen LogP) is 5.01. The van der Waals surface area contributed by atoms with Gasteiger partial charge in [0.05, 0.1) is 12.1 Å². The van der Waals surface area contributed by atoms with Crippen LogP contribution in [0.3, 0.4) is 0 Å². The van der Waals surface area contributed by atoms with E-state index in [1.807, 2.05) is 36.1 Å². The highest BCUT2D eigenvalue weighted by Gasteiger charge is 2.28. The van der Waals surface area contributed by atoms with E-state index in [1.54, 1.807) is 0 Å². The average Bonchev–Trinajstić information content (AvgIpc) is 2.74. The van der Waals surface area contributed by atoms with E-state index < -0.39 is 0 Å². The molecule has 0 unspecified atom stereocenters. The van der Waals surface area contributed by atoms with Crippen LogP contribution in [-0.2, 0) is 6.54 Å². The molecular formula is C24H33N3O2. The number of pyridine rings is 1. The number of H-pyrrole nitrogens is 1. The number of fused-ring (bicyclic) bond motifs is 1. The molecule has 0 bridgehead atoms. The van der Waals surface area contributed by atoms with Gasteiger partial charge in [0, 0.05) is 17.6 Å². The number of carbonyl (C=O) groups excluding carboxylic acids is 1. The average molecular weight is 396 g/mol. The molecule has 0 spiro atoms. The standard InChI is InChI=1S/C24H33N3O2/c1-17-9-8-10-18-15-19(23(28)26-22(17)18)16-27(21-13-6-3-7-14-21)24(29)25-20-11-4-2-5-12-20/h8-10,15,20-21H,2-7,11-14,16H2,1H3,(H,25,29)(H,26,28). The number of aromatic amines is 1. The number of aryl methyl sites for hydroxylation is 1. The van der Waals surface area contributed by atoms with Crippen molar-refractivity contribution < 1.29 is 4.79 Å². The molecule has 2 aliphatic carbocycles. The molecule has 2 fully saturated rings. The van der Waals surface area contributed by atoms with Gasteiger partial charge >= 0.3 is 6.03 Å². The molecule has 1 aromatic heterocycles. The summed E-state index contributed by atoms with van der Waals surface area (Å²) < 4.78 is 0. The third-order valence-corrected chi connectivity index (χ3v) is 6.71. The molecule has 5 heteroatoms. The SMILES string of the molecule is Cc1cccc2cc(CN(C(=O)NC3CCCCC3)C3CCCCC3)c(=O)[nH]c12. The van der Waals surface area contributed by atoms with E-state index in [4.69, 9.17) is 0 Å². The van der Waals surface area contributed by atoms with Crippen LogP contribution in [0.1, 0.15) is 75.3 Å². The van der Waals surface area contributed by atoms with Crippen molar-refractivity contribution in [1.29, 1.82) is 0 Å². The Kier molecular flexibility index (Phi) is 6.22. The lowest BCUT2D eigenvalue weighted by atomic mass is 9.93. The van der Waals surface area contributed by atoms with E-state index in [9.17, 15) is 9.59 Å². The number of carbonyl (C=O) groups is 1. The summed E-state index contributed by atoms with van der Waals surface area (Å²) in [7, 11) is 0. The van der Waals surface area contributed by atoms with Gasteiger partial charge in [-0.2, -0.15) is 0 Å². The number of para-hydroxylation sites is 1. The van der Waals surface area contributed by atoms with Crippen LogP contribution in [0, 0.1) is 6.92 Å². The number of hydrogen-bond acceptors (Lipinski definition) is 2. The van der Waals surface area contributed by atoms with Gasteiger partial charge in [0.25, 0.3) is 5.56 Å². The van der Waals surface area contributed by atoms with Gasteiger partial charge in [-0.3, -0.25) is 4.79 Å².